The van der Waals surface area contributed by atoms with Gasteiger partial charge >= 0.3 is 6.18 Å². The third kappa shape index (κ3) is 5.79. The van der Waals surface area contributed by atoms with Gasteiger partial charge in [0.15, 0.2) is 6.04 Å². The van der Waals surface area contributed by atoms with Gasteiger partial charge in [0, 0.05) is 19.0 Å². The highest BCUT2D eigenvalue weighted by Crippen LogP contribution is 2.35. The minimum atomic E-state index is -4.48. The number of amides is 3. The Balaban J connectivity index is 1.54. The number of benzene rings is 2. The molecule has 0 spiro atoms. The average Bonchev–Trinajstić information content (AvgIpc) is 2.95. The first kappa shape index (κ1) is 26.7. The topological polar surface area (TPSA) is 95.1 Å². The fourth-order valence-corrected chi connectivity index (χ4v) is 5.05. The molecule has 0 radical (unpaired) electrons. The van der Waals surface area contributed by atoms with Crippen LogP contribution in [0.1, 0.15) is 49.0 Å². The zero-order chi connectivity index (χ0) is 26.9. The molecule has 7 nitrogen and oxygen atoms in total. The van der Waals surface area contributed by atoms with Gasteiger partial charge in [0.25, 0.3) is 11.8 Å². The number of halogens is 3. The highest BCUT2D eigenvalue weighted by molar-refractivity contribution is 6.10. The first-order chi connectivity index (χ1) is 17.5. The van der Waals surface area contributed by atoms with Crippen LogP contribution < -0.4 is 16.0 Å². The van der Waals surface area contributed by atoms with Crippen LogP contribution in [0.3, 0.4) is 0 Å². The van der Waals surface area contributed by atoms with E-state index in [1.54, 1.807) is 18.2 Å². The summed E-state index contributed by atoms with van der Waals surface area (Å²) in [4.78, 5) is 40.9. The minimum absolute atomic E-state index is 0.0796. The molecule has 37 heavy (non-hydrogen) atoms. The van der Waals surface area contributed by atoms with E-state index >= 15 is 0 Å². The van der Waals surface area contributed by atoms with E-state index < -0.39 is 17.8 Å². The van der Waals surface area contributed by atoms with E-state index in [-0.39, 0.29) is 48.3 Å². The van der Waals surface area contributed by atoms with E-state index in [1.807, 2.05) is 12.4 Å². The number of alkyl halides is 3. The van der Waals surface area contributed by atoms with Gasteiger partial charge < -0.3 is 20.9 Å². The first-order valence-corrected chi connectivity index (χ1v) is 12.5. The smallest absolute Gasteiger partial charge is 0.348 e. The predicted molar refractivity (Wildman–Crippen MR) is 133 cm³/mol. The number of fused-ring (bicyclic) bond motifs is 2. The molecule has 0 aromatic heterocycles. The van der Waals surface area contributed by atoms with Gasteiger partial charge in [-0.2, -0.15) is 13.2 Å². The number of hydrogen-bond acceptors (Lipinski definition) is 3. The van der Waals surface area contributed by atoms with Gasteiger partial charge in [-0.05, 0) is 54.2 Å². The van der Waals surface area contributed by atoms with Crippen molar-refractivity contribution in [2.24, 2.45) is 5.92 Å². The summed E-state index contributed by atoms with van der Waals surface area (Å²) in [5, 5.41) is 7.73. The maximum Gasteiger partial charge on any atom is 0.416 e. The Hall–Kier alpha value is -3.40. The molecule has 2 aromatic rings. The molecule has 2 heterocycles. The van der Waals surface area contributed by atoms with Crippen LogP contribution in [0.5, 0.6) is 0 Å². The number of carbonyl (C=O) groups is 3. The standard InChI is InChI=1S/C27H31F3N4O3/c1-15(2)11-22(31-3)24(35)32-19-9-10-34-23(14-19)25(36)33-21-8-7-17(13-20(21)26(34)37)16-5-4-6-18(12-16)27(28,29)30/h4-8,12-13,15,19,22-23,31H,9-11,14H2,1-3H3,(H,32,35)(H,33,36)/p+1/t19-,22-,23-/m0/s1. The number of nitrogens with two attached hydrogens (primary N) is 1. The molecule has 3 atom stereocenters. The van der Waals surface area contributed by atoms with E-state index in [0.717, 1.165) is 18.6 Å². The predicted octanol–water partition coefficient (Wildman–Crippen LogP) is 3.02. The second-order valence-corrected chi connectivity index (χ2v) is 10.1. The number of quaternary nitrogens is 1. The summed E-state index contributed by atoms with van der Waals surface area (Å²) in [5.41, 5.74) is 0.534. The Bertz CT molecular complexity index is 1200. The molecule has 198 valence electrons. The van der Waals surface area contributed by atoms with Crippen molar-refractivity contribution in [2.45, 2.75) is 57.4 Å². The molecule has 2 aliphatic rings. The molecule has 1 fully saturated rings. The Morgan fingerprint density at radius 1 is 1.16 bits per heavy atom. The normalized spacial score (nSPS) is 20.6. The van der Waals surface area contributed by atoms with Gasteiger partial charge in [0.05, 0.1) is 23.9 Å². The third-order valence-electron chi connectivity index (χ3n) is 7.01. The second kappa shape index (κ2) is 10.5. The molecular formula is C27H32F3N4O3+. The number of nitrogens with zero attached hydrogens (tertiary/aromatic N) is 1. The van der Waals surface area contributed by atoms with E-state index in [1.165, 1.54) is 17.0 Å². The van der Waals surface area contributed by atoms with Gasteiger partial charge in [-0.3, -0.25) is 14.4 Å². The fourth-order valence-electron chi connectivity index (χ4n) is 5.05. The number of likely N-dealkylation sites (N-methyl/N-ethyl adjacent to an activating group) is 1. The van der Waals surface area contributed by atoms with Crippen molar-refractivity contribution in [1.82, 2.24) is 10.2 Å². The summed E-state index contributed by atoms with van der Waals surface area (Å²) >= 11 is 0. The number of anilines is 1. The average molecular weight is 518 g/mol. The summed E-state index contributed by atoms with van der Waals surface area (Å²) < 4.78 is 39.6. The molecule has 3 amide bonds. The maximum atomic E-state index is 13.5. The van der Waals surface area contributed by atoms with Crippen LogP contribution in [0.2, 0.25) is 0 Å². The van der Waals surface area contributed by atoms with Crippen LogP contribution in [0.15, 0.2) is 42.5 Å². The van der Waals surface area contributed by atoms with E-state index in [2.05, 4.69) is 24.5 Å². The van der Waals surface area contributed by atoms with Crippen molar-refractivity contribution in [2.75, 3.05) is 18.9 Å². The lowest BCUT2D eigenvalue weighted by Gasteiger charge is -2.37. The van der Waals surface area contributed by atoms with Gasteiger partial charge in [-0.1, -0.05) is 32.0 Å². The summed E-state index contributed by atoms with van der Waals surface area (Å²) in [6.07, 6.45) is -2.96. The monoisotopic (exact) mass is 517 g/mol. The first-order valence-electron chi connectivity index (χ1n) is 12.5. The maximum absolute atomic E-state index is 13.5. The number of hydrogen-bond donors (Lipinski definition) is 3. The van der Waals surface area contributed by atoms with Crippen molar-refractivity contribution < 1.29 is 32.9 Å². The van der Waals surface area contributed by atoms with Gasteiger partial charge in [-0.15, -0.1) is 0 Å². The zero-order valence-electron chi connectivity index (χ0n) is 21.1. The molecule has 0 unspecified atom stereocenters. The molecule has 0 bridgehead atoms. The van der Waals surface area contributed by atoms with Gasteiger partial charge in [-0.25, -0.2) is 0 Å². The van der Waals surface area contributed by atoms with Crippen molar-refractivity contribution in [1.29, 1.82) is 0 Å². The zero-order valence-corrected chi connectivity index (χ0v) is 21.1. The van der Waals surface area contributed by atoms with Gasteiger partial charge in [0.1, 0.15) is 6.04 Å². The SMILES string of the molecule is C[NH2+][C@@H](CC(C)C)C(=O)N[C@H]1CCN2C(=O)c3cc(-c4cccc(C(F)(F)F)c4)ccc3NC(=O)[C@@H]2C1. The molecule has 4 N–H and O–H groups in total. The summed E-state index contributed by atoms with van der Waals surface area (Å²) in [7, 11) is 1.86. The van der Waals surface area contributed by atoms with Crippen LogP contribution in [0, 0.1) is 5.92 Å². The number of piperidine rings is 1. The highest BCUT2D eigenvalue weighted by atomic mass is 19.4. The Kier molecular flexibility index (Phi) is 7.59. The van der Waals surface area contributed by atoms with Crippen LogP contribution in [0.25, 0.3) is 11.1 Å². The number of nitrogens with one attached hydrogen (secondary N) is 2. The van der Waals surface area contributed by atoms with Crippen LogP contribution in [-0.2, 0) is 15.8 Å². The molecule has 0 aliphatic carbocycles. The summed E-state index contributed by atoms with van der Waals surface area (Å²) in [6.45, 7) is 4.39. The molecule has 4 rings (SSSR count). The lowest BCUT2D eigenvalue weighted by atomic mass is 9.95. The molecular weight excluding hydrogens is 485 g/mol. The quantitative estimate of drug-likeness (QED) is 0.550. The molecule has 10 heteroatoms. The largest absolute Gasteiger partial charge is 0.416 e. The summed E-state index contributed by atoms with van der Waals surface area (Å²) in [5.74, 6) is -0.433. The highest BCUT2D eigenvalue weighted by Gasteiger charge is 2.41. The van der Waals surface area contributed by atoms with Crippen LogP contribution >= 0.6 is 0 Å². The van der Waals surface area contributed by atoms with Crippen LogP contribution in [-0.4, -0.2) is 54.3 Å². The van der Waals surface area contributed by atoms with E-state index in [9.17, 15) is 27.6 Å². The molecule has 2 aliphatic heterocycles. The Labute approximate surface area is 213 Å². The van der Waals surface area contributed by atoms with Crippen LogP contribution in [0.4, 0.5) is 18.9 Å². The van der Waals surface area contributed by atoms with Crippen molar-refractivity contribution in [3.63, 3.8) is 0 Å². The third-order valence-corrected chi connectivity index (χ3v) is 7.01. The van der Waals surface area contributed by atoms with Crippen molar-refractivity contribution in [3.05, 3.63) is 53.6 Å². The van der Waals surface area contributed by atoms with Crippen molar-refractivity contribution in [3.8, 4) is 11.1 Å². The molecule has 1 saturated heterocycles. The lowest BCUT2D eigenvalue weighted by molar-refractivity contribution is -0.651. The second-order valence-electron chi connectivity index (χ2n) is 10.1. The number of rotatable bonds is 6. The Morgan fingerprint density at radius 3 is 2.57 bits per heavy atom. The number of carbonyl (C=O) groups excluding carboxylic acids is 3. The summed E-state index contributed by atoms with van der Waals surface area (Å²) in [6, 6.07) is 8.34. The lowest BCUT2D eigenvalue weighted by Crippen LogP contribution is -2.89. The molecule has 0 saturated carbocycles. The Morgan fingerprint density at radius 2 is 1.89 bits per heavy atom. The van der Waals surface area contributed by atoms with E-state index in [4.69, 9.17) is 0 Å². The van der Waals surface area contributed by atoms with Crippen molar-refractivity contribution >= 4 is 23.4 Å². The fraction of sp³-hybridized carbons (Fsp3) is 0.444. The van der Waals surface area contributed by atoms with Gasteiger partial charge in [0.2, 0.25) is 5.91 Å². The molecule has 2 aromatic carbocycles. The van der Waals surface area contributed by atoms with E-state index in [0.29, 0.717) is 29.2 Å². The minimum Gasteiger partial charge on any atom is -0.348 e.